The van der Waals surface area contributed by atoms with E-state index in [9.17, 15) is 0 Å². The maximum absolute atomic E-state index is 5.60. The van der Waals surface area contributed by atoms with Crippen molar-refractivity contribution in [3.05, 3.63) is 28.3 Å². The minimum Gasteiger partial charge on any atom is -0.375 e. The van der Waals surface area contributed by atoms with Crippen LogP contribution in [-0.4, -0.2) is 9.97 Å². The fraction of sp³-hybridized carbons (Fsp3) is 0. The number of nitrogen functional groups attached to an aromatic ring is 1. The van der Waals surface area contributed by atoms with Crippen molar-refractivity contribution in [2.24, 2.45) is 0 Å². The lowest BCUT2D eigenvalue weighted by molar-refractivity contribution is 1.34. The number of nitrogens with zero attached hydrogens (tertiary/aromatic N) is 2. The van der Waals surface area contributed by atoms with Crippen LogP contribution < -0.4 is 5.73 Å². The second-order valence-electron chi connectivity index (χ2n) is 3.09. The van der Waals surface area contributed by atoms with Crippen molar-refractivity contribution in [3.8, 4) is 21.3 Å². The lowest BCUT2D eigenvalue weighted by Gasteiger charge is -1.88. The van der Waals surface area contributed by atoms with Gasteiger partial charge in [0.1, 0.15) is 16.4 Å². The average Bonchev–Trinajstić information content (AvgIpc) is 2.97. The second-order valence-corrected chi connectivity index (χ2v) is 5.78. The van der Waals surface area contributed by atoms with E-state index >= 15 is 0 Å². The lowest BCUT2D eigenvalue weighted by Crippen LogP contribution is -1.82. The van der Waals surface area contributed by atoms with Crippen LogP contribution in [0.2, 0.25) is 0 Å². The van der Waals surface area contributed by atoms with E-state index in [4.69, 9.17) is 5.73 Å². The quantitative estimate of drug-likeness (QED) is 0.770. The summed E-state index contributed by atoms with van der Waals surface area (Å²) in [5.41, 5.74) is 7.37. The van der Waals surface area contributed by atoms with Crippen molar-refractivity contribution in [1.29, 1.82) is 0 Å². The Morgan fingerprint density at radius 2 is 1.81 bits per heavy atom. The number of thiazole rings is 2. The van der Waals surface area contributed by atoms with E-state index in [0.29, 0.717) is 5.13 Å². The normalized spacial score (nSPS) is 10.8. The van der Waals surface area contributed by atoms with E-state index in [1.165, 1.54) is 16.2 Å². The zero-order valence-corrected chi connectivity index (χ0v) is 10.5. The van der Waals surface area contributed by atoms with Crippen LogP contribution in [0.5, 0.6) is 0 Å². The molecule has 3 heterocycles. The number of hydrogen-bond acceptors (Lipinski definition) is 6. The molecule has 0 aromatic carbocycles. The number of thiophene rings is 1. The van der Waals surface area contributed by atoms with Crippen molar-refractivity contribution in [1.82, 2.24) is 9.97 Å². The molecule has 80 valence electrons. The minimum absolute atomic E-state index is 0.584. The van der Waals surface area contributed by atoms with Crippen LogP contribution >= 0.6 is 34.0 Å². The first-order valence-electron chi connectivity index (χ1n) is 4.54. The highest BCUT2D eigenvalue weighted by atomic mass is 32.1. The van der Waals surface area contributed by atoms with E-state index in [-0.39, 0.29) is 0 Å². The summed E-state index contributed by atoms with van der Waals surface area (Å²) < 4.78 is 0. The van der Waals surface area contributed by atoms with Crippen molar-refractivity contribution in [3.63, 3.8) is 0 Å². The van der Waals surface area contributed by atoms with E-state index in [2.05, 4.69) is 21.4 Å². The third-order valence-corrected chi connectivity index (χ3v) is 4.58. The van der Waals surface area contributed by atoms with Crippen LogP contribution in [0.4, 0.5) is 5.13 Å². The molecule has 3 aromatic heterocycles. The zero-order valence-electron chi connectivity index (χ0n) is 8.08. The first-order valence-corrected chi connectivity index (χ1v) is 7.17. The molecule has 0 radical (unpaired) electrons. The zero-order chi connectivity index (χ0) is 11.0. The Bertz CT molecular complexity index is 594. The van der Waals surface area contributed by atoms with Gasteiger partial charge in [0.25, 0.3) is 0 Å². The maximum atomic E-state index is 5.60. The molecule has 0 unspecified atom stereocenters. The predicted molar refractivity (Wildman–Crippen MR) is 70.9 cm³/mol. The summed E-state index contributed by atoms with van der Waals surface area (Å²) in [4.78, 5) is 9.97. The molecule has 3 aromatic rings. The smallest absolute Gasteiger partial charge is 0.180 e. The van der Waals surface area contributed by atoms with Gasteiger partial charge in [0, 0.05) is 10.8 Å². The molecule has 0 bridgehead atoms. The Kier molecular flexibility index (Phi) is 2.47. The number of aromatic nitrogens is 2. The van der Waals surface area contributed by atoms with Gasteiger partial charge in [-0.05, 0) is 11.4 Å². The summed E-state index contributed by atoms with van der Waals surface area (Å²) in [6.07, 6.45) is 0. The Morgan fingerprint density at radius 3 is 2.50 bits per heavy atom. The topological polar surface area (TPSA) is 51.8 Å². The number of nitrogens with two attached hydrogens (primary N) is 1. The number of rotatable bonds is 2. The van der Waals surface area contributed by atoms with E-state index < -0.39 is 0 Å². The molecule has 0 fully saturated rings. The highest BCUT2D eigenvalue weighted by molar-refractivity contribution is 7.20. The molecule has 0 amide bonds. The summed E-state index contributed by atoms with van der Waals surface area (Å²) in [5.74, 6) is 0. The molecule has 3 nitrogen and oxygen atoms in total. The van der Waals surface area contributed by atoms with Gasteiger partial charge < -0.3 is 5.73 Å². The van der Waals surface area contributed by atoms with Crippen LogP contribution in [0.3, 0.4) is 0 Å². The number of anilines is 1. The molecule has 0 aliphatic carbocycles. The van der Waals surface area contributed by atoms with Gasteiger partial charge in [0.15, 0.2) is 5.13 Å². The molecule has 0 saturated carbocycles. The Balaban J connectivity index is 2.00. The van der Waals surface area contributed by atoms with Gasteiger partial charge in [-0.25, -0.2) is 9.97 Å². The largest absolute Gasteiger partial charge is 0.375 e. The van der Waals surface area contributed by atoms with Gasteiger partial charge in [-0.15, -0.1) is 34.0 Å². The third-order valence-electron chi connectivity index (χ3n) is 2.02. The van der Waals surface area contributed by atoms with Crippen LogP contribution in [0.1, 0.15) is 0 Å². The minimum atomic E-state index is 0.584. The average molecular weight is 265 g/mol. The van der Waals surface area contributed by atoms with Crippen molar-refractivity contribution in [2.75, 3.05) is 5.73 Å². The van der Waals surface area contributed by atoms with E-state index in [0.717, 1.165) is 16.4 Å². The Hall–Kier alpha value is -1.24. The maximum Gasteiger partial charge on any atom is 0.180 e. The van der Waals surface area contributed by atoms with Gasteiger partial charge in [-0.3, -0.25) is 0 Å². The van der Waals surface area contributed by atoms with Crippen LogP contribution in [0, 0.1) is 0 Å². The fourth-order valence-corrected chi connectivity index (χ4v) is 3.49. The molecule has 0 aliphatic heterocycles. The van der Waals surface area contributed by atoms with Crippen LogP contribution in [0.25, 0.3) is 21.3 Å². The summed E-state index contributed by atoms with van der Waals surface area (Å²) >= 11 is 4.77. The van der Waals surface area contributed by atoms with Gasteiger partial charge in [-0.2, -0.15) is 0 Å². The standard InChI is InChI=1S/C10H7N3S3/c11-10-13-7(5-16-10)6-4-15-9(12-6)8-2-1-3-14-8/h1-5H,(H2,11,13). The molecule has 16 heavy (non-hydrogen) atoms. The van der Waals surface area contributed by atoms with Crippen LogP contribution in [-0.2, 0) is 0 Å². The molecule has 0 aliphatic rings. The SMILES string of the molecule is Nc1nc(-c2csc(-c3cccs3)n2)cs1. The summed E-state index contributed by atoms with van der Waals surface area (Å²) in [6, 6.07) is 4.10. The fourth-order valence-electron chi connectivity index (χ4n) is 1.31. The second kappa shape index (κ2) is 3.97. The molecule has 3 rings (SSSR count). The van der Waals surface area contributed by atoms with Crippen molar-refractivity contribution in [2.45, 2.75) is 0 Å². The van der Waals surface area contributed by atoms with Gasteiger partial charge in [-0.1, -0.05) is 6.07 Å². The van der Waals surface area contributed by atoms with Gasteiger partial charge in [0.2, 0.25) is 0 Å². The molecule has 0 atom stereocenters. The number of hydrogen-bond donors (Lipinski definition) is 1. The van der Waals surface area contributed by atoms with Gasteiger partial charge in [0.05, 0.1) is 4.88 Å². The monoisotopic (exact) mass is 265 g/mol. The highest BCUT2D eigenvalue weighted by Gasteiger charge is 2.09. The third kappa shape index (κ3) is 1.75. The molecule has 0 saturated heterocycles. The van der Waals surface area contributed by atoms with Gasteiger partial charge >= 0.3 is 0 Å². The first-order chi connectivity index (χ1) is 7.83. The Labute approximate surface area is 104 Å². The molecule has 6 heteroatoms. The summed E-state index contributed by atoms with van der Waals surface area (Å²) in [7, 11) is 0. The Morgan fingerprint density at radius 1 is 1.00 bits per heavy atom. The first kappa shape index (κ1) is 9.95. The van der Waals surface area contributed by atoms with Crippen molar-refractivity contribution >= 4 is 39.1 Å². The lowest BCUT2D eigenvalue weighted by atomic mass is 10.4. The van der Waals surface area contributed by atoms with Crippen LogP contribution in [0.15, 0.2) is 28.3 Å². The van der Waals surface area contributed by atoms with Crippen molar-refractivity contribution < 1.29 is 0 Å². The highest BCUT2D eigenvalue weighted by Crippen LogP contribution is 2.32. The summed E-state index contributed by atoms with van der Waals surface area (Å²) in [5, 5.41) is 7.63. The predicted octanol–water partition coefficient (Wildman–Crippen LogP) is 3.58. The van der Waals surface area contributed by atoms with E-state index in [1.54, 1.807) is 22.7 Å². The summed E-state index contributed by atoms with van der Waals surface area (Å²) in [6.45, 7) is 0. The molecule has 2 N–H and O–H groups in total. The molecular weight excluding hydrogens is 258 g/mol. The molecule has 0 spiro atoms. The molecular formula is C10H7N3S3. The van der Waals surface area contributed by atoms with E-state index in [1.807, 2.05) is 16.8 Å².